The molecule has 8 heteroatoms. The largest absolute Gasteiger partial charge is 0.357 e. The van der Waals surface area contributed by atoms with E-state index >= 15 is 0 Å². The standard InChI is InChI=1S/C31H40N6OS/c1-20-15-25-23(21-18-32-37(19-21)28-9-7-8-14-38-28)10-11-24(29(25)39-20)26-12-13-27(34-33-26)36(6)22-16-30(2,3)35-31(4,5)17-22/h10-13,15,18-19,22,28,35H,7-9,14,16-17H2,1-6H3. The number of hydrogen-bond donors (Lipinski definition) is 1. The van der Waals surface area contributed by atoms with Crippen LogP contribution < -0.4 is 10.2 Å². The fourth-order valence-electron chi connectivity index (χ4n) is 6.65. The summed E-state index contributed by atoms with van der Waals surface area (Å²) in [6, 6.07) is 11.3. The van der Waals surface area contributed by atoms with E-state index in [2.05, 4.69) is 93.5 Å². The molecule has 6 rings (SSSR count). The fourth-order valence-corrected chi connectivity index (χ4v) is 7.71. The molecule has 3 aromatic heterocycles. The number of piperidine rings is 1. The molecule has 0 bridgehead atoms. The van der Waals surface area contributed by atoms with Crippen LogP contribution in [0.15, 0.2) is 42.7 Å². The highest BCUT2D eigenvalue weighted by Gasteiger charge is 2.39. The van der Waals surface area contributed by atoms with Crippen LogP contribution in [0.25, 0.3) is 32.5 Å². The predicted octanol–water partition coefficient (Wildman–Crippen LogP) is 6.97. The summed E-state index contributed by atoms with van der Waals surface area (Å²) in [5.74, 6) is 0.921. The molecule has 7 nitrogen and oxygen atoms in total. The summed E-state index contributed by atoms with van der Waals surface area (Å²) >= 11 is 1.81. The molecule has 1 N–H and O–H groups in total. The molecule has 5 heterocycles. The molecule has 2 aliphatic rings. The van der Waals surface area contributed by atoms with Crippen LogP contribution in [0.2, 0.25) is 0 Å². The van der Waals surface area contributed by atoms with Crippen LogP contribution in [0.3, 0.4) is 0 Å². The zero-order valence-electron chi connectivity index (χ0n) is 24.0. The van der Waals surface area contributed by atoms with Gasteiger partial charge in [-0.1, -0.05) is 12.1 Å². The van der Waals surface area contributed by atoms with E-state index in [1.54, 1.807) is 0 Å². The van der Waals surface area contributed by atoms with Gasteiger partial charge in [0.2, 0.25) is 0 Å². The number of hydrogen-bond acceptors (Lipinski definition) is 7. The van der Waals surface area contributed by atoms with E-state index in [0.717, 1.165) is 54.9 Å². The molecule has 0 spiro atoms. The van der Waals surface area contributed by atoms with Gasteiger partial charge in [0, 0.05) is 63.1 Å². The first kappa shape index (κ1) is 26.4. The molecule has 0 aliphatic carbocycles. The van der Waals surface area contributed by atoms with Gasteiger partial charge in [-0.3, -0.25) is 0 Å². The third-order valence-corrected chi connectivity index (χ3v) is 9.26. The van der Waals surface area contributed by atoms with Crippen molar-refractivity contribution < 1.29 is 4.74 Å². The number of fused-ring (bicyclic) bond motifs is 1. The molecule has 4 aromatic rings. The monoisotopic (exact) mass is 544 g/mol. The van der Waals surface area contributed by atoms with Crippen molar-refractivity contribution in [3.63, 3.8) is 0 Å². The lowest BCUT2D eigenvalue weighted by atomic mass is 9.79. The average Bonchev–Trinajstić information content (AvgIpc) is 3.53. The molecular formula is C31H40N6OS. The van der Waals surface area contributed by atoms with Crippen molar-refractivity contribution >= 4 is 27.2 Å². The molecule has 2 aliphatic heterocycles. The second-order valence-electron chi connectivity index (χ2n) is 12.6. The summed E-state index contributed by atoms with van der Waals surface area (Å²) in [5, 5.41) is 19.1. The normalized spacial score (nSPS) is 21.3. The first-order valence-electron chi connectivity index (χ1n) is 14.1. The lowest BCUT2D eigenvalue weighted by Crippen LogP contribution is -2.62. The Hall–Kier alpha value is -2.81. The van der Waals surface area contributed by atoms with Crippen molar-refractivity contribution in [3.8, 4) is 22.4 Å². The van der Waals surface area contributed by atoms with Crippen molar-refractivity contribution in [2.75, 3.05) is 18.6 Å². The summed E-state index contributed by atoms with van der Waals surface area (Å²) in [7, 11) is 2.15. The summed E-state index contributed by atoms with van der Waals surface area (Å²) < 4.78 is 9.17. The van der Waals surface area contributed by atoms with Crippen molar-refractivity contribution in [2.45, 2.75) is 90.1 Å². The van der Waals surface area contributed by atoms with Gasteiger partial charge in [0.15, 0.2) is 5.82 Å². The number of rotatable bonds is 5. The van der Waals surface area contributed by atoms with Crippen LogP contribution in [0.4, 0.5) is 5.82 Å². The van der Waals surface area contributed by atoms with E-state index in [4.69, 9.17) is 14.9 Å². The number of nitrogens with zero attached hydrogens (tertiary/aromatic N) is 5. The molecule has 1 aromatic carbocycles. The minimum absolute atomic E-state index is 0.0420. The molecule has 2 fully saturated rings. The maximum absolute atomic E-state index is 5.95. The molecule has 1 unspecified atom stereocenters. The molecule has 206 valence electrons. The van der Waals surface area contributed by atoms with Crippen LogP contribution in [-0.4, -0.2) is 50.8 Å². The van der Waals surface area contributed by atoms with Crippen molar-refractivity contribution in [1.82, 2.24) is 25.3 Å². The third-order valence-electron chi connectivity index (χ3n) is 8.17. The summed E-state index contributed by atoms with van der Waals surface area (Å²) in [5.41, 5.74) is 4.51. The Labute approximate surface area is 235 Å². The molecule has 2 saturated heterocycles. The number of aromatic nitrogens is 4. The van der Waals surface area contributed by atoms with E-state index in [9.17, 15) is 0 Å². The molecular weight excluding hydrogens is 504 g/mol. The number of nitrogens with one attached hydrogen (secondary N) is 1. The zero-order valence-corrected chi connectivity index (χ0v) is 24.8. The number of aryl methyl sites for hydroxylation is 1. The van der Waals surface area contributed by atoms with Crippen LogP contribution >= 0.6 is 11.3 Å². The Kier molecular flexibility index (Phi) is 6.76. The zero-order chi connectivity index (χ0) is 27.4. The molecule has 39 heavy (non-hydrogen) atoms. The van der Waals surface area contributed by atoms with E-state index in [1.165, 1.54) is 26.9 Å². The summed E-state index contributed by atoms with van der Waals surface area (Å²) in [4.78, 5) is 3.59. The van der Waals surface area contributed by atoms with Gasteiger partial charge in [-0.2, -0.15) is 5.10 Å². The van der Waals surface area contributed by atoms with Crippen LogP contribution in [0, 0.1) is 6.92 Å². The van der Waals surface area contributed by atoms with Gasteiger partial charge < -0.3 is 15.0 Å². The molecule has 0 amide bonds. The topological polar surface area (TPSA) is 68.1 Å². The van der Waals surface area contributed by atoms with E-state index in [1.807, 2.05) is 22.2 Å². The Morgan fingerprint density at radius 1 is 1.03 bits per heavy atom. The SMILES string of the molecule is Cc1cc2c(-c3cnn(C4CCCCO4)c3)ccc(-c3ccc(N(C)C4CC(C)(C)NC(C)(C)C4)nn3)c2s1. The quantitative estimate of drug-likeness (QED) is 0.292. The first-order chi connectivity index (χ1) is 18.6. The lowest BCUT2D eigenvalue weighted by molar-refractivity contribution is -0.0394. The van der Waals surface area contributed by atoms with Crippen molar-refractivity contribution in [3.05, 3.63) is 47.6 Å². The van der Waals surface area contributed by atoms with Crippen molar-refractivity contribution in [1.29, 1.82) is 0 Å². The maximum atomic E-state index is 5.95. The van der Waals surface area contributed by atoms with Crippen molar-refractivity contribution in [2.24, 2.45) is 0 Å². The maximum Gasteiger partial charge on any atom is 0.151 e. The first-order valence-corrected chi connectivity index (χ1v) is 15.0. The minimum atomic E-state index is 0.0420. The summed E-state index contributed by atoms with van der Waals surface area (Å²) in [6.07, 6.45) is 9.61. The van der Waals surface area contributed by atoms with Gasteiger partial charge in [0.25, 0.3) is 0 Å². The third kappa shape index (κ3) is 5.34. The predicted molar refractivity (Wildman–Crippen MR) is 160 cm³/mol. The van der Waals surface area contributed by atoms with Crippen LogP contribution in [-0.2, 0) is 4.74 Å². The average molecular weight is 545 g/mol. The van der Waals surface area contributed by atoms with Gasteiger partial charge in [0.1, 0.15) is 6.23 Å². The van der Waals surface area contributed by atoms with Gasteiger partial charge in [-0.25, -0.2) is 4.68 Å². The Morgan fingerprint density at radius 3 is 2.49 bits per heavy atom. The molecule has 0 radical (unpaired) electrons. The van der Waals surface area contributed by atoms with Gasteiger partial charge in [-0.05, 0) is 90.5 Å². The fraction of sp³-hybridized carbons (Fsp3) is 0.516. The number of ether oxygens (including phenoxy) is 1. The highest BCUT2D eigenvalue weighted by Crippen LogP contribution is 2.40. The second-order valence-corrected chi connectivity index (χ2v) is 13.9. The lowest BCUT2D eigenvalue weighted by Gasteiger charge is -2.49. The van der Waals surface area contributed by atoms with E-state index < -0.39 is 0 Å². The highest BCUT2D eigenvalue weighted by molar-refractivity contribution is 7.19. The minimum Gasteiger partial charge on any atom is -0.357 e. The van der Waals surface area contributed by atoms with Gasteiger partial charge >= 0.3 is 0 Å². The summed E-state index contributed by atoms with van der Waals surface area (Å²) in [6.45, 7) is 12.1. The molecule has 1 atom stereocenters. The number of anilines is 1. The van der Waals surface area contributed by atoms with Gasteiger partial charge in [0.05, 0.1) is 11.9 Å². The van der Waals surface area contributed by atoms with E-state index in [0.29, 0.717) is 6.04 Å². The van der Waals surface area contributed by atoms with Crippen LogP contribution in [0.1, 0.15) is 70.9 Å². The van der Waals surface area contributed by atoms with E-state index in [-0.39, 0.29) is 17.3 Å². The second kappa shape index (κ2) is 9.98. The number of thiophene rings is 1. The Morgan fingerprint density at radius 2 is 1.79 bits per heavy atom. The Balaban J connectivity index is 1.28. The number of benzene rings is 1. The van der Waals surface area contributed by atoms with Gasteiger partial charge in [-0.15, -0.1) is 21.5 Å². The van der Waals surface area contributed by atoms with Crippen LogP contribution in [0.5, 0.6) is 0 Å². The smallest absolute Gasteiger partial charge is 0.151 e. The molecule has 0 saturated carbocycles. The Bertz CT molecular complexity index is 1450. The highest BCUT2D eigenvalue weighted by atomic mass is 32.1.